The maximum absolute atomic E-state index is 12.9. The van der Waals surface area contributed by atoms with Crippen LogP contribution in [0.4, 0.5) is 10.5 Å². The summed E-state index contributed by atoms with van der Waals surface area (Å²) in [5.41, 5.74) is 7.35. The number of carbonyl (C=O) groups excluding carboxylic acids is 2. The monoisotopic (exact) mass is 439 g/mol. The van der Waals surface area contributed by atoms with Gasteiger partial charge in [0.1, 0.15) is 5.58 Å². The van der Waals surface area contributed by atoms with Gasteiger partial charge in [-0.05, 0) is 29.3 Å². The van der Waals surface area contributed by atoms with Crippen molar-refractivity contribution in [1.29, 1.82) is 0 Å². The number of phenols is 1. The van der Waals surface area contributed by atoms with Gasteiger partial charge in [-0.1, -0.05) is 12.1 Å². The maximum atomic E-state index is 12.9. The summed E-state index contributed by atoms with van der Waals surface area (Å²) in [6.07, 6.45) is -0.594. The zero-order valence-corrected chi connectivity index (χ0v) is 18.3. The molecule has 2 aromatic carbocycles. The quantitative estimate of drug-likeness (QED) is 0.462. The summed E-state index contributed by atoms with van der Waals surface area (Å²) in [7, 11) is 6.22. The summed E-state index contributed by atoms with van der Waals surface area (Å²) in [4.78, 5) is 39.9. The Balaban J connectivity index is 2.19. The van der Waals surface area contributed by atoms with Crippen molar-refractivity contribution in [1.82, 2.24) is 9.80 Å². The summed E-state index contributed by atoms with van der Waals surface area (Å²) in [5, 5.41) is 10.8. The van der Waals surface area contributed by atoms with E-state index in [1.54, 1.807) is 32.3 Å². The van der Waals surface area contributed by atoms with Crippen molar-refractivity contribution in [3.05, 3.63) is 63.5 Å². The molecule has 32 heavy (non-hydrogen) atoms. The highest BCUT2D eigenvalue weighted by Gasteiger charge is 2.21. The molecule has 1 heterocycles. The van der Waals surface area contributed by atoms with Crippen molar-refractivity contribution in [2.45, 2.75) is 12.8 Å². The van der Waals surface area contributed by atoms with Crippen LogP contribution in [-0.2, 0) is 17.6 Å². The summed E-state index contributed by atoms with van der Waals surface area (Å²) in [6, 6.07) is 9.66. The molecule has 0 aliphatic carbocycles. The number of carbonyl (C=O) groups is 2. The summed E-state index contributed by atoms with van der Waals surface area (Å²) in [6.45, 7) is 0. The number of nitrogen functional groups attached to an aromatic ring is 1. The third-order valence-electron chi connectivity index (χ3n) is 4.92. The Morgan fingerprint density at radius 3 is 2.41 bits per heavy atom. The largest absolute Gasteiger partial charge is 0.504 e. The Kier molecular flexibility index (Phi) is 6.38. The number of hydrogen-bond donors (Lipinski definition) is 2. The molecule has 2 amide bonds. The zero-order chi connectivity index (χ0) is 23.6. The predicted molar refractivity (Wildman–Crippen MR) is 120 cm³/mol. The average molecular weight is 439 g/mol. The predicted octanol–water partition coefficient (Wildman–Crippen LogP) is 2.36. The second kappa shape index (κ2) is 9.01. The van der Waals surface area contributed by atoms with Crippen molar-refractivity contribution < 1.29 is 23.8 Å². The number of amides is 2. The smallest absolute Gasteiger partial charge is 0.414 e. The number of fused-ring (bicyclic) bond motifs is 1. The number of ether oxygens (including phenoxy) is 1. The van der Waals surface area contributed by atoms with Crippen LogP contribution < -0.4 is 16.1 Å². The van der Waals surface area contributed by atoms with Crippen molar-refractivity contribution in [3.63, 3.8) is 0 Å². The van der Waals surface area contributed by atoms with Crippen LogP contribution in [0.15, 0.2) is 45.6 Å². The van der Waals surface area contributed by atoms with Gasteiger partial charge < -0.3 is 29.8 Å². The Labute approximate surface area is 184 Å². The van der Waals surface area contributed by atoms with Crippen LogP contribution in [0.1, 0.15) is 16.7 Å². The molecule has 0 saturated heterocycles. The van der Waals surface area contributed by atoms with Gasteiger partial charge >= 0.3 is 11.7 Å². The molecule has 9 heteroatoms. The molecule has 9 nitrogen and oxygen atoms in total. The number of likely N-dealkylation sites (N-methyl/N-ethyl adjacent to an activating group) is 1. The lowest BCUT2D eigenvalue weighted by Crippen LogP contribution is -2.26. The topological polar surface area (TPSA) is 126 Å². The van der Waals surface area contributed by atoms with E-state index < -0.39 is 11.7 Å². The molecule has 3 rings (SSSR count). The molecule has 0 saturated carbocycles. The van der Waals surface area contributed by atoms with Crippen LogP contribution in [0.25, 0.3) is 11.0 Å². The molecule has 0 bridgehead atoms. The van der Waals surface area contributed by atoms with Crippen LogP contribution >= 0.6 is 0 Å². The van der Waals surface area contributed by atoms with Crippen LogP contribution in [0.2, 0.25) is 0 Å². The fraction of sp³-hybridized carbons (Fsp3) is 0.261. The molecule has 0 spiro atoms. The molecule has 1 aromatic heterocycles. The van der Waals surface area contributed by atoms with Crippen molar-refractivity contribution in [2.24, 2.45) is 0 Å². The minimum absolute atomic E-state index is 0.0803. The van der Waals surface area contributed by atoms with Crippen LogP contribution in [0, 0.1) is 0 Å². The first kappa shape index (κ1) is 22.7. The molecule has 0 fully saturated rings. The van der Waals surface area contributed by atoms with Gasteiger partial charge in [0.2, 0.25) is 5.91 Å². The van der Waals surface area contributed by atoms with E-state index in [2.05, 4.69) is 0 Å². The molecule has 0 atom stereocenters. The van der Waals surface area contributed by atoms with Gasteiger partial charge in [0.15, 0.2) is 11.5 Å². The Morgan fingerprint density at radius 2 is 1.78 bits per heavy atom. The SMILES string of the molecule is CN(C)C(=O)Cc1c(Cc2cccc(N)c2)c(=O)oc2cc(OC(=O)N(C)C)c(O)cc12. The van der Waals surface area contributed by atoms with Gasteiger partial charge in [0, 0.05) is 57.3 Å². The third-order valence-corrected chi connectivity index (χ3v) is 4.92. The number of benzene rings is 2. The number of rotatable bonds is 5. The number of phenolic OH excluding ortho intramolecular Hbond substituents is 1. The highest BCUT2D eigenvalue weighted by atomic mass is 16.6. The molecule has 168 valence electrons. The Morgan fingerprint density at radius 1 is 1.06 bits per heavy atom. The molecule has 0 aliphatic rings. The van der Waals surface area contributed by atoms with E-state index in [0.717, 1.165) is 5.56 Å². The fourth-order valence-electron chi connectivity index (χ4n) is 3.18. The van der Waals surface area contributed by atoms with Crippen molar-refractivity contribution in [2.75, 3.05) is 33.9 Å². The van der Waals surface area contributed by atoms with E-state index >= 15 is 0 Å². The van der Waals surface area contributed by atoms with E-state index in [0.29, 0.717) is 16.6 Å². The molecule has 3 aromatic rings. The lowest BCUT2D eigenvalue weighted by molar-refractivity contribution is -0.127. The van der Waals surface area contributed by atoms with Gasteiger partial charge in [0.25, 0.3) is 0 Å². The van der Waals surface area contributed by atoms with E-state index in [-0.39, 0.29) is 41.4 Å². The van der Waals surface area contributed by atoms with Gasteiger partial charge in [-0.25, -0.2) is 9.59 Å². The second-order valence-electron chi connectivity index (χ2n) is 7.81. The number of nitrogens with two attached hydrogens (primary N) is 1. The number of aromatic hydroxyl groups is 1. The third kappa shape index (κ3) is 4.83. The van der Waals surface area contributed by atoms with Crippen molar-refractivity contribution in [3.8, 4) is 11.5 Å². The number of nitrogens with zero attached hydrogens (tertiary/aromatic N) is 2. The molecule has 0 aliphatic heterocycles. The van der Waals surface area contributed by atoms with E-state index in [1.807, 2.05) is 6.07 Å². The first-order valence-corrected chi connectivity index (χ1v) is 9.82. The first-order chi connectivity index (χ1) is 15.1. The second-order valence-corrected chi connectivity index (χ2v) is 7.81. The van der Waals surface area contributed by atoms with Crippen LogP contribution in [-0.4, -0.2) is 55.1 Å². The number of anilines is 1. The summed E-state index contributed by atoms with van der Waals surface area (Å²) < 4.78 is 10.6. The van der Waals surface area contributed by atoms with Gasteiger partial charge in [-0.15, -0.1) is 0 Å². The first-order valence-electron chi connectivity index (χ1n) is 9.82. The summed E-state index contributed by atoms with van der Waals surface area (Å²) in [5.74, 6) is -0.712. The maximum Gasteiger partial charge on any atom is 0.414 e. The lowest BCUT2D eigenvalue weighted by atomic mass is 9.95. The Bertz CT molecular complexity index is 1250. The molecule has 0 radical (unpaired) electrons. The van der Waals surface area contributed by atoms with E-state index in [1.165, 1.54) is 36.0 Å². The normalized spacial score (nSPS) is 10.8. The number of hydrogen-bond acceptors (Lipinski definition) is 7. The highest BCUT2D eigenvalue weighted by molar-refractivity contribution is 5.90. The average Bonchev–Trinajstić information content (AvgIpc) is 2.71. The summed E-state index contributed by atoms with van der Waals surface area (Å²) >= 11 is 0. The fourth-order valence-corrected chi connectivity index (χ4v) is 3.18. The van der Waals surface area contributed by atoms with Gasteiger partial charge in [0.05, 0.1) is 6.42 Å². The van der Waals surface area contributed by atoms with Crippen molar-refractivity contribution >= 4 is 28.7 Å². The molecule has 3 N–H and O–H groups in total. The molecular weight excluding hydrogens is 414 g/mol. The minimum atomic E-state index is -0.705. The van der Waals surface area contributed by atoms with Crippen LogP contribution in [0.5, 0.6) is 11.5 Å². The van der Waals surface area contributed by atoms with E-state index in [4.69, 9.17) is 14.9 Å². The molecule has 0 unspecified atom stereocenters. The standard InChI is InChI=1S/C23H25N3O6/c1-25(2)21(28)11-15-16-10-18(27)20(32-23(30)26(3)4)12-19(16)31-22(29)17(15)9-13-6-5-7-14(24)8-13/h5-8,10,12,27H,9,11,24H2,1-4H3. The zero-order valence-electron chi connectivity index (χ0n) is 18.3. The minimum Gasteiger partial charge on any atom is -0.504 e. The molecular formula is C23H25N3O6. The Hall–Kier alpha value is -4.01. The highest BCUT2D eigenvalue weighted by Crippen LogP contribution is 2.34. The lowest BCUT2D eigenvalue weighted by Gasteiger charge is -2.16. The van der Waals surface area contributed by atoms with Crippen LogP contribution in [0.3, 0.4) is 0 Å². The van der Waals surface area contributed by atoms with E-state index in [9.17, 15) is 19.5 Å². The van der Waals surface area contributed by atoms with Gasteiger partial charge in [-0.2, -0.15) is 0 Å². The van der Waals surface area contributed by atoms with Gasteiger partial charge in [-0.3, -0.25) is 4.79 Å².